The van der Waals surface area contributed by atoms with Crippen LogP contribution in [0, 0.1) is 11.8 Å². The normalized spacial score (nSPS) is 28.7. The number of carboxylic acids is 1. The van der Waals surface area contributed by atoms with E-state index in [1.807, 2.05) is 0 Å². The van der Waals surface area contributed by atoms with E-state index in [4.69, 9.17) is 5.11 Å². The summed E-state index contributed by atoms with van der Waals surface area (Å²) in [5, 5.41) is 11.8. The number of hydrogen-bond donors (Lipinski definition) is 2. The summed E-state index contributed by atoms with van der Waals surface area (Å²) < 4.78 is 0. The molecule has 0 aromatic rings. The molecule has 0 heterocycles. The highest BCUT2D eigenvalue weighted by molar-refractivity contribution is 5.90. The lowest BCUT2D eigenvalue weighted by Crippen LogP contribution is -2.46. The molecule has 0 aromatic carbocycles. The minimum Gasteiger partial charge on any atom is -0.480 e. The Kier molecular flexibility index (Phi) is 4.48. The molecule has 19 heavy (non-hydrogen) atoms. The standard InChI is InChI=1S/C15H25NO3/c1-2-3-4-11-5-7-12(8-6-11)13(17)16-15(9-10-15)14(18)19/h11-12H,2-10H2,1H3,(H,16,17)(H,18,19). The molecular weight excluding hydrogens is 242 g/mol. The summed E-state index contributed by atoms with van der Waals surface area (Å²) in [7, 11) is 0. The van der Waals surface area contributed by atoms with Crippen molar-refractivity contribution in [3.63, 3.8) is 0 Å². The summed E-state index contributed by atoms with van der Waals surface area (Å²) in [6, 6.07) is 0. The van der Waals surface area contributed by atoms with Crippen LogP contribution >= 0.6 is 0 Å². The summed E-state index contributed by atoms with van der Waals surface area (Å²) in [6.07, 6.45) is 9.07. The number of nitrogens with one attached hydrogen (secondary N) is 1. The van der Waals surface area contributed by atoms with Gasteiger partial charge in [0.2, 0.25) is 5.91 Å². The van der Waals surface area contributed by atoms with Gasteiger partial charge in [-0.3, -0.25) is 4.79 Å². The highest BCUT2D eigenvalue weighted by Crippen LogP contribution is 2.37. The maximum Gasteiger partial charge on any atom is 0.329 e. The number of aliphatic carboxylic acids is 1. The van der Waals surface area contributed by atoms with Gasteiger partial charge < -0.3 is 10.4 Å². The number of carbonyl (C=O) groups excluding carboxylic acids is 1. The molecule has 0 radical (unpaired) electrons. The first-order chi connectivity index (χ1) is 9.07. The zero-order valence-corrected chi connectivity index (χ0v) is 11.8. The van der Waals surface area contributed by atoms with E-state index >= 15 is 0 Å². The molecule has 2 rings (SSSR count). The van der Waals surface area contributed by atoms with Crippen LogP contribution in [0.1, 0.15) is 64.7 Å². The fourth-order valence-electron chi connectivity index (χ4n) is 3.06. The number of rotatable bonds is 6. The largest absolute Gasteiger partial charge is 0.480 e. The van der Waals surface area contributed by atoms with Crippen molar-refractivity contribution in [3.05, 3.63) is 0 Å². The van der Waals surface area contributed by atoms with Gasteiger partial charge in [-0.05, 0) is 44.4 Å². The summed E-state index contributed by atoms with van der Waals surface area (Å²) in [4.78, 5) is 23.2. The minimum atomic E-state index is -0.920. The van der Waals surface area contributed by atoms with Gasteiger partial charge in [-0.1, -0.05) is 26.2 Å². The van der Waals surface area contributed by atoms with Crippen LogP contribution in [0.2, 0.25) is 0 Å². The summed E-state index contributed by atoms with van der Waals surface area (Å²) in [6.45, 7) is 2.21. The maximum absolute atomic E-state index is 12.1. The molecule has 2 N–H and O–H groups in total. The highest BCUT2D eigenvalue weighted by Gasteiger charge is 2.52. The first-order valence-corrected chi connectivity index (χ1v) is 7.63. The van der Waals surface area contributed by atoms with Crippen molar-refractivity contribution in [1.29, 1.82) is 0 Å². The zero-order valence-electron chi connectivity index (χ0n) is 11.8. The molecule has 2 fully saturated rings. The van der Waals surface area contributed by atoms with E-state index in [0.717, 1.165) is 31.6 Å². The van der Waals surface area contributed by atoms with E-state index in [-0.39, 0.29) is 11.8 Å². The molecule has 0 aromatic heterocycles. The Morgan fingerprint density at radius 3 is 2.32 bits per heavy atom. The second kappa shape index (κ2) is 5.93. The molecular formula is C15H25NO3. The predicted octanol–water partition coefficient (Wildman–Crippen LogP) is 2.72. The SMILES string of the molecule is CCCCC1CCC(C(=O)NC2(C(=O)O)CC2)CC1. The average Bonchev–Trinajstić information content (AvgIpc) is 3.18. The molecule has 4 nitrogen and oxygen atoms in total. The molecule has 4 heteroatoms. The highest BCUT2D eigenvalue weighted by atomic mass is 16.4. The van der Waals surface area contributed by atoms with Gasteiger partial charge in [0.25, 0.3) is 0 Å². The van der Waals surface area contributed by atoms with Gasteiger partial charge in [-0.2, -0.15) is 0 Å². The van der Waals surface area contributed by atoms with E-state index in [1.54, 1.807) is 0 Å². The molecule has 2 aliphatic carbocycles. The predicted molar refractivity (Wildman–Crippen MR) is 72.7 cm³/mol. The van der Waals surface area contributed by atoms with E-state index in [0.29, 0.717) is 12.8 Å². The van der Waals surface area contributed by atoms with Crippen molar-refractivity contribution in [2.45, 2.75) is 70.3 Å². The van der Waals surface area contributed by atoms with Crippen LogP contribution in [0.4, 0.5) is 0 Å². The number of carbonyl (C=O) groups is 2. The van der Waals surface area contributed by atoms with Crippen molar-refractivity contribution in [2.24, 2.45) is 11.8 Å². The fourth-order valence-corrected chi connectivity index (χ4v) is 3.06. The number of unbranched alkanes of at least 4 members (excludes halogenated alkanes) is 1. The van der Waals surface area contributed by atoms with Crippen LogP contribution in [-0.2, 0) is 9.59 Å². The van der Waals surface area contributed by atoms with Gasteiger partial charge in [-0.15, -0.1) is 0 Å². The molecule has 2 saturated carbocycles. The zero-order chi connectivity index (χ0) is 13.9. The topological polar surface area (TPSA) is 66.4 Å². The Hall–Kier alpha value is -1.06. The maximum atomic E-state index is 12.1. The van der Waals surface area contributed by atoms with Crippen molar-refractivity contribution in [3.8, 4) is 0 Å². The van der Waals surface area contributed by atoms with Gasteiger partial charge in [0, 0.05) is 5.92 Å². The van der Waals surface area contributed by atoms with Crippen LogP contribution in [0.25, 0.3) is 0 Å². The quantitative estimate of drug-likeness (QED) is 0.777. The molecule has 0 aliphatic heterocycles. The third-order valence-electron chi connectivity index (χ3n) is 4.71. The Balaban J connectivity index is 1.75. The van der Waals surface area contributed by atoms with Crippen molar-refractivity contribution < 1.29 is 14.7 Å². The number of carboxylic acid groups (broad SMARTS) is 1. The fraction of sp³-hybridized carbons (Fsp3) is 0.867. The first kappa shape index (κ1) is 14.4. The first-order valence-electron chi connectivity index (χ1n) is 7.63. The smallest absolute Gasteiger partial charge is 0.329 e. The second-order valence-corrected chi connectivity index (χ2v) is 6.24. The van der Waals surface area contributed by atoms with Gasteiger partial charge in [0.15, 0.2) is 0 Å². The third-order valence-corrected chi connectivity index (χ3v) is 4.71. The van der Waals surface area contributed by atoms with E-state index in [1.165, 1.54) is 19.3 Å². The minimum absolute atomic E-state index is 0.0335. The molecule has 0 unspecified atom stereocenters. The molecule has 1 amide bonds. The average molecular weight is 267 g/mol. The molecule has 108 valence electrons. The van der Waals surface area contributed by atoms with E-state index < -0.39 is 11.5 Å². The summed E-state index contributed by atoms with van der Waals surface area (Å²) in [5.74, 6) is -0.0978. The lowest BCUT2D eigenvalue weighted by Gasteiger charge is -2.28. The lowest BCUT2D eigenvalue weighted by atomic mass is 9.79. The van der Waals surface area contributed by atoms with Crippen LogP contribution in [0.3, 0.4) is 0 Å². The van der Waals surface area contributed by atoms with E-state index in [2.05, 4.69) is 12.2 Å². The molecule has 2 aliphatic rings. The lowest BCUT2D eigenvalue weighted by molar-refractivity contribution is -0.144. The van der Waals surface area contributed by atoms with Gasteiger partial charge in [0.1, 0.15) is 5.54 Å². The number of hydrogen-bond acceptors (Lipinski definition) is 2. The Labute approximate surface area is 115 Å². The van der Waals surface area contributed by atoms with Crippen LogP contribution in [0.5, 0.6) is 0 Å². The monoisotopic (exact) mass is 267 g/mol. The molecule has 0 atom stereocenters. The van der Waals surface area contributed by atoms with Crippen LogP contribution in [-0.4, -0.2) is 22.5 Å². The van der Waals surface area contributed by atoms with Gasteiger partial charge in [-0.25, -0.2) is 4.79 Å². The number of amides is 1. The van der Waals surface area contributed by atoms with Crippen molar-refractivity contribution in [2.75, 3.05) is 0 Å². The summed E-state index contributed by atoms with van der Waals surface area (Å²) >= 11 is 0. The van der Waals surface area contributed by atoms with Gasteiger partial charge >= 0.3 is 5.97 Å². The second-order valence-electron chi connectivity index (χ2n) is 6.24. The third kappa shape index (κ3) is 3.48. The van der Waals surface area contributed by atoms with Crippen LogP contribution < -0.4 is 5.32 Å². The molecule has 0 spiro atoms. The molecule has 0 bridgehead atoms. The Morgan fingerprint density at radius 2 is 1.84 bits per heavy atom. The van der Waals surface area contributed by atoms with Crippen molar-refractivity contribution in [1.82, 2.24) is 5.32 Å². The Morgan fingerprint density at radius 1 is 1.21 bits per heavy atom. The van der Waals surface area contributed by atoms with Crippen LogP contribution in [0.15, 0.2) is 0 Å². The van der Waals surface area contributed by atoms with Crippen molar-refractivity contribution >= 4 is 11.9 Å². The summed E-state index contributed by atoms with van der Waals surface area (Å²) in [5.41, 5.74) is -0.920. The Bertz CT molecular complexity index is 341. The van der Waals surface area contributed by atoms with Gasteiger partial charge in [0.05, 0.1) is 0 Å². The molecule has 0 saturated heterocycles. The van der Waals surface area contributed by atoms with E-state index in [9.17, 15) is 9.59 Å².